The normalized spacial score (nSPS) is 11.0. The van der Waals surface area contributed by atoms with Crippen molar-refractivity contribution in [1.82, 2.24) is 0 Å². The van der Waals surface area contributed by atoms with Gasteiger partial charge in [-0.15, -0.1) is 39.3 Å². The molecule has 0 amide bonds. The third-order valence-corrected chi connectivity index (χ3v) is 8.82. The molecule has 0 rings (SSSR count). The summed E-state index contributed by atoms with van der Waals surface area (Å²) in [5, 5.41) is 22.3. The number of aliphatic hydroxyl groups excluding tert-OH is 1. The van der Waals surface area contributed by atoms with Gasteiger partial charge in [0.05, 0.1) is 0 Å². The molecule has 0 saturated heterocycles. The van der Waals surface area contributed by atoms with Gasteiger partial charge in [-0.1, -0.05) is 229 Å². The molecule has 1 radical (unpaired) electrons. The van der Waals surface area contributed by atoms with Gasteiger partial charge in [0.25, 0.3) is 0 Å². The molecule has 1 atom stereocenters. The molecular formula is C44H96N3OTi. The zero-order valence-corrected chi connectivity index (χ0v) is 37.2. The van der Waals surface area contributed by atoms with Gasteiger partial charge in [0.1, 0.15) is 0 Å². The number of hydrogen-bond acceptors (Lipinski definition) is 1. The van der Waals surface area contributed by atoms with Crippen LogP contribution in [0.4, 0.5) is 0 Å². The van der Waals surface area contributed by atoms with Crippen molar-refractivity contribution < 1.29 is 26.8 Å². The molecule has 297 valence electrons. The Kier molecular flexibility index (Phi) is 76.4. The average Bonchev–Trinajstić information content (AvgIpc) is 3.11. The topological polar surface area (TPSA) is 62.5 Å². The first-order valence-electron chi connectivity index (χ1n) is 22.1. The van der Waals surface area contributed by atoms with Gasteiger partial charge in [-0.25, -0.2) is 0 Å². The van der Waals surface area contributed by atoms with Gasteiger partial charge in [-0.2, -0.15) is 0 Å². The number of rotatable bonds is 35. The molecule has 1 N–H and O–H groups in total. The molecule has 0 aromatic heterocycles. The summed E-state index contributed by atoms with van der Waals surface area (Å²) in [4.78, 5) is 0. The maximum absolute atomic E-state index is 8.75. The van der Waals surface area contributed by atoms with Crippen molar-refractivity contribution in [1.29, 1.82) is 0 Å². The van der Waals surface area contributed by atoms with Crippen molar-refractivity contribution in [2.45, 2.75) is 235 Å². The predicted octanol–water partition coefficient (Wildman–Crippen LogP) is 15.8. The summed E-state index contributed by atoms with van der Waals surface area (Å²) in [6.45, 7) is 24.8. The fraction of sp³-hybridized carbons (Fsp3) is 1.00. The molecule has 5 heteroatoms. The summed E-state index contributed by atoms with van der Waals surface area (Å²) in [6.07, 6.45) is 37.2. The van der Waals surface area contributed by atoms with E-state index >= 15 is 0 Å². The van der Waals surface area contributed by atoms with Crippen LogP contribution in [0.5, 0.6) is 0 Å². The first-order chi connectivity index (χ1) is 23.6. The van der Waals surface area contributed by atoms with Crippen LogP contribution in [0.1, 0.15) is 235 Å². The Morgan fingerprint density at radius 3 is 0.714 bits per heavy atom. The molecule has 0 bridgehead atoms. The quantitative estimate of drug-likeness (QED) is 0.0512. The Balaban J connectivity index is -0.000000176. The number of nitrogens with zero attached hydrogens (tertiary/aromatic N) is 3. The van der Waals surface area contributed by atoms with Gasteiger partial charge in [0.2, 0.25) is 0 Å². The summed E-state index contributed by atoms with van der Waals surface area (Å²) < 4.78 is 0. The smallest absolute Gasteiger partial charge is 0.662 e. The van der Waals surface area contributed by atoms with Gasteiger partial charge in [0.15, 0.2) is 0 Å². The van der Waals surface area contributed by atoms with Crippen molar-refractivity contribution >= 4 is 0 Å². The second-order valence-corrected chi connectivity index (χ2v) is 14.0. The molecule has 0 aliphatic carbocycles. The van der Waals surface area contributed by atoms with Crippen LogP contribution in [0.15, 0.2) is 0 Å². The van der Waals surface area contributed by atoms with Gasteiger partial charge in [-0.05, 0) is 12.3 Å². The first kappa shape index (κ1) is 58.9. The zero-order chi connectivity index (χ0) is 36.4. The van der Waals surface area contributed by atoms with E-state index in [2.05, 4.69) is 71.3 Å². The van der Waals surface area contributed by atoms with Crippen molar-refractivity contribution in [3.8, 4) is 0 Å². The second-order valence-electron chi connectivity index (χ2n) is 14.0. The minimum Gasteiger partial charge on any atom is -0.662 e. The van der Waals surface area contributed by atoms with Gasteiger partial charge < -0.3 is 21.1 Å². The number of hydrogen-bond donors (Lipinski definition) is 1. The van der Waals surface area contributed by atoms with Crippen molar-refractivity contribution in [2.75, 3.05) is 45.9 Å². The van der Waals surface area contributed by atoms with Crippen LogP contribution in [0.3, 0.4) is 0 Å². The van der Waals surface area contributed by atoms with E-state index < -0.39 is 0 Å². The third-order valence-electron chi connectivity index (χ3n) is 8.82. The molecule has 0 aromatic rings. The molecule has 49 heavy (non-hydrogen) atoms. The maximum atomic E-state index is 8.75. The van der Waals surface area contributed by atoms with Crippen molar-refractivity contribution in [2.24, 2.45) is 5.92 Å². The molecule has 0 saturated carbocycles. The van der Waals surface area contributed by atoms with E-state index in [1.165, 1.54) is 173 Å². The van der Waals surface area contributed by atoms with Gasteiger partial charge in [-0.3, -0.25) is 0 Å². The van der Waals surface area contributed by atoms with E-state index in [1.54, 1.807) is 0 Å². The van der Waals surface area contributed by atoms with Crippen LogP contribution in [-0.2, 0) is 21.7 Å². The summed E-state index contributed by atoms with van der Waals surface area (Å²) in [6, 6.07) is 0. The van der Waals surface area contributed by atoms with E-state index in [1.807, 2.05) is 0 Å². The molecule has 0 fully saturated rings. The van der Waals surface area contributed by atoms with E-state index in [4.69, 9.17) is 5.11 Å². The fourth-order valence-electron chi connectivity index (χ4n) is 5.16. The van der Waals surface area contributed by atoms with E-state index in [0.717, 1.165) is 45.7 Å². The Labute approximate surface area is 328 Å². The van der Waals surface area contributed by atoms with Crippen LogP contribution >= 0.6 is 0 Å². The summed E-state index contributed by atoms with van der Waals surface area (Å²) >= 11 is 0. The molecule has 0 aliphatic rings. The van der Waals surface area contributed by atoms with Crippen LogP contribution in [0.25, 0.3) is 16.0 Å². The van der Waals surface area contributed by atoms with Crippen LogP contribution in [0.2, 0.25) is 0 Å². The van der Waals surface area contributed by atoms with Gasteiger partial charge in [0, 0.05) is 6.61 Å². The fourth-order valence-corrected chi connectivity index (χ4v) is 5.16. The van der Waals surface area contributed by atoms with Gasteiger partial charge >= 0.3 is 21.7 Å². The summed E-state index contributed by atoms with van der Waals surface area (Å²) in [5.74, 6) is 0.560. The Bertz CT molecular complexity index is 383. The number of unbranched alkanes of at least 4 members (excludes halogenated alkanes) is 19. The average molecular weight is 731 g/mol. The largest absolute Gasteiger partial charge is 3.00 e. The minimum absolute atomic E-state index is 0. The summed E-state index contributed by atoms with van der Waals surface area (Å²) in [5.41, 5.74) is 0. The molecule has 1 unspecified atom stereocenters. The maximum Gasteiger partial charge on any atom is 3.00 e. The predicted molar refractivity (Wildman–Crippen MR) is 225 cm³/mol. The standard InChI is InChI=1S/3C12H26N.C8H18O.Ti/c3*1-3-5-7-9-11-13-12-10-8-6-4-2;1-3-5-6-8(4-2)7-9;/h3*3-12H2,1-2H3;8-9H,3-7H2,1-2H3;/q3*-1;;+3. The van der Waals surface area contributed by atoms with Crippen LogP contribution in [0, 0.1) is 5.92 Å². The monoisotopic (exact) mass is 731 g/mol. The van der Waals surface area contributed by atoms with Crippen molar-refractivity contribution in [3.05, 3.63) is 16.0 Å². The zero-order valence-electron chi connectivity index (χ0n) is 35.6. The molecule has 0 heterocycles. The van der Waals surface area contributed by atoms with Crippen LogP contribution in [-0.4, -0.2) is 51.0 Å². The van der Waals surface area contributed by atoms with Crippen molar-refractivity contribution in [3.63, 3.8) is 0 Å². The van der Waals surface area contributed by atoms with E-state index in [9.17, 15) is 0 Å². The minimum atomic E-state index is 0. The summed E-state index contributed by atoms with van der Waals surface area (Å²) in [7, 11) is 0. The Morgan fingerprint density at radius 1 is 0.327 bits per heavy atom. The van der Waals surface area contributed by atoms with Crippen LogP contribution < -0.4 is 0 Å². The molecule has 0 aliphatic heterocycles. The molecule has 0 spiro atoms. The molecular weight excluding hydrogens is 634 g/mol. The Morgan fingerprint density at radius 2 is 0.551 bits per heavy atom. The van der Waals surface area contributed by atoms with E-state index in [0.29, 0.717) is 12.5 Å². The number of aliphatic hydroxyl groups is 1. The van der Waals surface area contributed by atoms with E-state index in [-0.39, 0.29) is 21.7 Å². The molecule has 4 nitrogen and oxygen atoms in total. The SMILES string of the molecule is CCCCC(CC)CO.CCCCCC[N-]CCCCCC.CCCCCC[N-]CCCCCC.CCCCCC[N-]CCCCCC.[Ti+3]. The second kappa shape index (κ2) is 63.6. The molecule has 0 aromatic carbocycles. The Hall–Kier alpha value is 0.554. The first-order valence-corrected chi connectivity index (χ1v) is 22.1. The third kappa shape index (κ3) is 70.8.